The Morgan fingerprint density at radius 3 is 2.37 bits per heavy atom. The van der Waals surface area contributed by atoms with Gasteiger partial charge in [-0.25, -0.2) is 19.3 Å². The minimum absolute atomic E-state index is 0.326. The summed E-state index contributed by atoms with van der Waals surface area (Å²) in [6.45, 7) is 7.80. The van der Waals surface area contributed by atoms with Crippen LogP contribution >= 0.6 is 0 Å². The largest absolute Gasteiger partial charge is 0.496 e. The van der Waals surface area contributed by atoms with E-state index in [4.69, 9.17) is 9.72 Å². The molecule has 0 spiro atoms. The Bertz CT molecular complexity index is 1170. The number of methoxy groups -OCH3 is 1. The number of hydrogen-bond acceptors (Lipinski definition) is 6. The second-order valence-corrected chi connectivity index (χ2v) is 9.59. The smallest absolute Gasteiger partial charge is 0.170 e. The van der Waals surface area contributed by atoms with Gasteiger partial charge in [0.15, 0.2) is 11.5 Å². The van der Waals surface area contributed by atoms with E-state index in [1.165, 1.54) is 18.4 Å². The van der Waals surface area contributed by atoms with Gasteiger partial charge >= 0.3 is 0 Å². The van der Waals surface area contributed by atoms with E-state index in [0.29, 0.717) is 24.6 Å². The fourth-order valence-electron chi connectivity index (χ4n) is 5.30. The molecule has 35 heavy (non-hydrogen) atoms. The first-order valence-corrected chi connectivity index (χ1v) is 13.1. The Hall–Kier alpha value is -2.96. The highest BCUT2D eigenvalue weighted by Crippen LogP contribution is 2.49. The van der Waals surface area contributed by atoms with Crippen LogP contribution in [-0.2, 0) is 5.67 Å². The van der Waals surface area contributed by atoms with E-state index in [2.05, 4.69) is 38.0 Å². The summed E-state index contributed by atoms with van der Waals surface area (Å²) < 4.78 is 20.6. The molecule has 6 nitrogen and oxygen atoms in total. The number of ether oxygens (including phenoxy) is 1. The van der Waals surface area contributed by atoms with E-state index in [1.54, 1.807) is 7.11 Å². The van der Waals surface area contributed by atoms with Crippen molar-refractivity contribution in [2.75, 3.05) is 43.1 Å². The molecule has 0 bridgehead atoms. The third kappa shape index (κ3) is 4.65. The second kappa shape index (κ2) is 9.96. The molecule has 4 heterocycles. The number of alkyl halides is 1. The van der Waals surface area contributed by atoms with Gasteiger partial charge in [-0.2, -0.15) is 0 Å². The summed E-state index contributed by atoms with van der Waals surface area (Å²) in [6, 6.07) is 10.4. The molecule has 2 aliphatic heterocycles. The van der Waals surface area contributed by atoms with Crippen molar-refractivity contribution in [3.8, 4) is 5.75 Å². The van der Waals surface area contributed by atoms with E-state index in [-0.39, 0.29) is 0 Å². The van der Waals surface area contributed by atoms with Crippen LogP contribution in [0.2, 0.25) is 0 Å². The molecule has 6 rings (SSSR count). The lowest BCUT2D eigenvalue weighted by Crippen LogP contribution is -2.34. The number of anilines is 2. The maximum atomic E-state index is 15.0. The van der Waals surface area contributed by atoms with Gasteiger partial charge in [-0.3, -0.25) is 0 Å². The molecule has 2 aromatic heterocycles. The topological polar surface area (TPSA) is 54.4 Å². The first kappa shape index (κ1) is 23.8. The molecule has 0 N–H and O–H groups in total. The monoisotopic (exact) mass is 477 g/mol. The van der Waals surface area contributed by atoms with Crippen molar-refractivity contribution in [3.63, 3.8) is 0 Å². The first-order chi connectivity index (χ1) is 17.1. The van der Waals surface area contributed by atoms with Gasteiger partial charge in [-0.1, -0.05) is 32.0 Å². The minimum Gasteiger partial charge on any atom is -0.496 e. The van der Waals surface area contributed by atoms with Crippen molar-refractivity contribution in [1.82, 2.24) is 15.0 Å². The normalized spacial score (nSPS) is 19.4. The number of nitrogens with zero attached hydrogens (tertiary/aromatic N) is 5. The lowest BCUT2D eigenvalue weighted by atomic mass is 9.88. The van der Waals surface area contributed by atoms with E-state index in [1.807, 2.05) is 32.2 Å². The van der Waals surface area contributed by atoms with Gasteiger partial charge in [0, 0.05) is 31.6 Å². The number of pyridine rings is 1. The van der Waals surface area contributed by atoms with Crippen LogP contribution in [0.25, 0.3) is 10.9 Å². The molecule has 3 aromatic rings. The van der Waals surface area contributed by atoms with Gasteiger partial charge in [0.1, 0.15) is 17.4 Å². The molecule has 1 aliphatic carbocycles. The van der Waals surface area contributed by atoms with Crippen LogP contribution in [0.5, 0.6) is 5.75 Å². The Morgan fingerprint density at radius 1 is 0.971 bits per heavy atom. The number of hydrogen-bond donors (Lipinski definition) is 0. The van der Waals surface area contributed by atoms with Gasteiger partial charge in [0.05, 0.1) is 18.8 Å². The third-order valence-electron chi connectivity index (χ3n) is 7.44. The molecule has 0 radical (unpaired) electrons. The molecule has 0 amide bonds. The van der Waals surface area contributed by atoms with Crippen LogP contribution in [-0.4, -0.2) is 48.2 Å². The molecule has 3 fully saturated rings. The average Bonchev–Trinajstić information content (AvgIpc) is 3.44. The van der Waals surface area contributed by atoms with Crippen LogP contribution in [0.1, 0.15) is 69.7 Å². The van der Waals surface area contributed by atoms with Crippen molar-refractivity contribution >= 4 is 22.5 Å². The summed E-state index contributed by atoms with van der Waals surface area (Å²) in [5.41, 5.74) is 0.648. The number of benzene rings is 1. The summed E-state index contributed by atoms with van der Waals surface area (Å²) in [5.74, 6) is 3.57. The van der Waals surface area contributed by atoms with Crippen LogP contribution < -0.4 is 14.5 Å². The standard InChI is InChI=1S/C26H30FN5O.C2H6/c1-33-22-7-3-2-6-19(22)18-8-14-32(15-9-18)24-20-16-23(31-12-4-5-13-31)28-17-21(20)29-25(30-24)26(27)10-11-26;1-2/h2-3,6-7,16-18H,4-5,8-15H2,1H3;1-2H3. The van der Waals surface area contributed by atoms with Crippen LogP contribution in [0.3, 0.4) is 0 Å². The van der Waals surface area contributed by atoms with Crippen molar-refractivity contribution in [2.24, 2.45) is 0 Å². The summed E-state index contributed by atoms with van der Waals surface area (Å²) in [4.78, 5) is 18.7. The van der Waals surface area contributed by atoms with Gasteiger partial charge in [0.25, 0.3) is 0 Å². The Kier molecular flexibility index (Phi) is 6.76. The Labute approximate surface area is 207 Å². The number of piperidine rings is 1. The summed E-state index contributed by atoms with van der Waals surface area (Å²) in [7, 11) is 1.74. The van der Waals surface area contributed by atoms with Crippen molar-refractivity contribution in [3.05, 3.63) is 47.9 Å². The highest BCUT2D eigenvalue weighted by Gasteiger charge is 2.48. The molecule has 0 unspecified atom stereocenters. The van der Waals surface area contributed by atoms with Crippen molar-refractivity contribution in [1.29, 1.82) is 0 Å². The van der Waals surface area contributed by atoms with Crippen molar-refractivity contribution < 1.29 is 9.13 Å². The molecule has 2 saturated heterocycles. The molecule has 1 saturated carbocycles. The predicted molar refractivity (Wildman–Crippen MR) is 139 cm³/mol. The third-order valence-corrected chi connectivity index (χ3v) is 7.44. The van der Waals surface area contributed by atoms with Crippen LogP contribution in [0, 0.1) is 0 Å². The van der Waals surface area contributed by atoms with E-state index in [0.717, 1.165) is 67.3 Å². The Balaban J connectivity index is 0.00000124. The molecule has 186 valence electrons. The van der Waals surface area contributed by atoms with Crippen LogP contribution in [0.4, 0.5) is 16.0 Å². The minimum atomic E-state index is -1.37. The summed E-state index contributed by atoms with van der Waals surface area (Å²) >= 11 is 0. The fourth-order valence-corrected chi connectivity index (χ4v) is 5.30. The zero-order valence-corrected chi connectivity index (χ0v) is 21.1. The second-order valence-electron chi connectivity index (χ2n) is 9.59. The number of aromatic nitrogens is 3. The van der Waals surface area contributed by atoms with Gasteiger partial charge in [0.2, 0.25) is 0 Å². The highest BCUT2D eigenvalue weighted by atomic mass is 19.1. The maximum absolute atomic E-state index is 15.0. The molecule has 3 aliphatic rings. The van der Waals surface area contributed by atoms with E-state index >= 15 is 4.39 Å². The van der Waals surface area contributed by atoms with Gasteiger partial charge in [-0.15, -0.1) is 0 Å². The number of para-hydroxylation sites is 1. The number of halogens is 1. The lowest BCUT2D eigenvalue weighted by Gasteiger charge is -2.34. The maximum Gasteiger partial charge on any atom is 0.170 e. The number of fused-ring (bicyclic) bond motifs is 1. The summed E-state index contributed by atoms with van der Waals surface area (Å²) in [6.07, 6.45) is 7.23. The quantitative estimate of drug-likeness (QED) is 0.449. The van der Waals surface area contributed by atoms with Crippen molar-refractivity contribution in [2.45, 2.75) is 64.0 Å². The summed E-state index contributed by atoms with van der Waals surface area (Å²) in [5, 5.41) is 0.982. The number of rotatable bonds is 5. The highest BCUT2D eigenvalue weighted by molar-refractivity contribution is 5.91. The predicted octanol–water partition coefficient (Wildman–Crippen LogP) is 6.00. The lowest BCUT2D eigenvalue weighted by molar-refractivity contribution is 0.301. The van der Waals surface area contributed by atoms with E-state index in [9.17, 15) is 0 Å². The SMILES string of the molecule is CC.COc1ccccc1C1CCN(c2nc(C3(F)CC3)nc3cnc(N4CCCC4)cc23)CC1. The molecule has 7 heteroatoms. The molecule has 0 atom stereocenters. The fraction of sp³-hybridized carbons (Fsp3) is 0.536. The zero-order chi connectivity index (χ0) is 24.4. The van der Waals surface area contributed by atoms with Gasteiger partial charge < -0.3 is 14.5 Å². The Morgan fingerprint density at radius 2 is 1.69 bits per heavy atom. The zero-order valence-electron chi connectivity index (χ0n) is 21.1. The molecule has 1 aromatic carbocycles. The first-order valence-electron chi connectivity index (χ1n) is 13.1. The van der Waals surface area contributed by atoms with E-state index < -0.39 is 5.67 Å². The molecular weight excluding hydrogens is 441 g/mol. The average molecular weight is 478 g/mol. The van der Waals surface area contributed by atoms with Gasteiger partial charge in [-0.05, 0) is 62.1 Å². The molecular formula is C28H36FN5O. The van der Waals surface area contributed by atoms with Crippen LogP contribution in [0.15, 0.2) is 36.5 Å².